The van der Waals surface area contributed by atoms with Crippen LogP contribution in [0.5, 0.6) is 0 Å². The van der Waals surface area contributed by atoms with Crippen molar-refractivity contribution in [1.29, 1.82) is 0 Å². The highest BCUT2D eigenvalue weighted by Gasteiger charge is 2.14. The Kier molecular flexibility index (Phi) is 4.59. The molecule has 0 aromatic heterocycles. The van der Waals surface area contributed by atoms with Gasteiger partial charge in [-0.2, -0.15) is 0 Å². The smallest absolute Gasteiger partial charge is 0.258 e. The van der Waals surface area contributed by atoms with Gasteiger partial charge in [-0.15, -0.1) is 0 Å². The first-order valence-electron chi connectivity index (χ1n) is 5.40. The normalized spacial score (nSPS) is 10.2. The molecule has 20 heavy (non-hydrogen) atoms. The predicted octanol–water partition coefficient (Wildman–Crippen LogP) is 4.30. The molecule has 0 fully saturated rings. The number of rotatable bonds is 5. The van der Waals surface area contributed by atoms with E-state index in [4.69, 9.17) is 0 Å². The Hall–Kier alpha value is -2.06. The molecular formula is C12H8N2O4S2. The minimum Gasteiger partial charge on any atom is -0.258 e. The summed E-state index contributed by atoms with van der Waals surface area (Å²) in [5.74, 6) is 0. The minimum absolute atomic E-state index is 0.00170. The van der Waals surface area contributed by atoms with Crippen molar-refractivity contribution in [2.75, 3.05) is 0 Å². The fraction of sp³-hybridized carbons (Fsp3) is 0. The van der Waals surface area contributed by atoms with Crippen LogP contribution in [0.2, 0.25) is 0 Å². The molecule has 0 amide bonds. The average molecular weight is 308 g/mol. The maximum atomic E-state index is 10.9. The van der Waals surface area contributed by atoms with Crippen LogP contribution in [0.1, 0.15) is 0 Å². The van der Waals surface area contributed by atoms with Gasteiger partial charge in [-0.05, 0) is 22.9 Å². The Labute approximate surface area is 121 Å². The highest BCUT2D eigenvalue weighted by atomic mass is 33.1. The van der Waals surface area contributed by atoms with Gasteiger partial charge in [0.05, 0.1) is 14.7 Å². The Morgan fingerprint density at radius 3 is 2.30 bits per heavy atom. The summed E-state index contributed by atoms with van der Waals surface area (Å²) in [7, 11) is 2.45. The lowest BCUT2D eigenvalue weighted by molar-refractivity contribution is -0.387. The number of hydrogen-bond donors (Lipinski definition) is 0. The molecule has 0 N–H and O–H groups in total. The van der Waals surface area contributed by atoms with Crippen molar-refractivity contribution in [2.24, 2.45) is 0 Å². The fourth-order valence-electron chi connectivity index (χ4n) is 1.42. The molecule has 0 spiro atoms. The number of nitro groups is 2. The average Bonchev–Trinajstić information content (AvgIpc) is 2.45. The van der Waals surface area contributed by atoms with Crippen LogP contribution >= 0.6 is 21.6 Å². The Balaban J connectivity index is 2.15. The first-order valence-corrected chi connectivity index (χ1v) is 7.55. The molecule has 8 heteroatoms. The second-order valence-corrected chi connectivity index (χ2v) is 5.89. The molecule has 2 rings (SSSR count). The Morgan fingerprint density at radius 1 is 0.850 bits per heavy atom. The van der Waals surface area contributed by atoms with Gasteiger partial charge in [0.2, 0.25) is 0 Å². The summed E-state index contributed by atoms with van der Waals surface area (Å²) in [5, 5.41) is 21.5. The van der Waals surface area contributed by atoms with Gasteiger partial charge in [-0.3, -0.25) is 20.2 Å². The van der Waals surface area contributed by atoms with Gasteiger partial charge in [0, 0.05) is 23.1 Å². The zero-order valence-corrected chi connectivity index (χ0v) is 11.6. The molecule has 2 aromatic rings. The minimum atomic E-state index is -0.473. The summed E-state index contributed by atoms with van der Waals surface area (Å²) >= 11 is 0. The van der Waals surface area contributed by atoms with E-state index in [0.29, 0.717) is 9.79 Å². The van der Waals surface area contributed by atoms with E-state index in [1.165, 1.54) is 39.8 Å². The molecule has 0 heterocycles. The van der Waals surface area contributed by atoms with Gasteiger partial charge in [-0.25, -0.2) is 0 Å². The highest BCUT2D eigenvalue weighted by molar-refractivity contribution is 8.76. The summed E-state index contributed by atoms with van der Waals surface area (Å²) in [6.45, 7) is 0. The van der Waals surface area contributed by atoms with E-state index < -0.39 is 9.85 Å². The van der Waals surface area contributed by atoms with E-state index in [0.717, 1.165) is 0 Å². The quantitative estimate of drug-likeness (QED) is 0.465. The number of non-ortho nitro benzene ring substituents is 1. The van der Waals surface area contributed by atoms with Crippen LogP contribution in [0, 0.1) is 20.2 Å². The Morgan fingerprint density at radius 2 is 1.60 bits per heavy atom. The molecule has 2 aromatic carbocycles. The molecule has 6 nitrogen and oxygen atoms in total. The predicted molar refractivity (Wildman–Crippen MR) is 77.9 cm³/mol. The topological polar surface area (TPSA) is 86.3 Å². The molecule has 0 aliphatic carbocycles. The van der Waals surface area contributed by atoms with Gasteiger partial charge in [0.15, 0.2) is 0 Å². The van der Waals surface area contributed by atoms with E-state index in [1.807, 2.05) is 0 Å². The van der Waals surface area contributed by atoms with Crippen LogP contribution in [0.3, 0.4) is 0 Å². The standard InChI is InChI=1S/C12H8N2O4S2/c15-13(16)9-4-3-5-10(8-9)19-20-12-7-2-1-6-11(12)14(17)18/h1-8H. The third-order valence-electron chi connectivity index (χ3n) is 2.32. The van der Waals surface area contributed by atoms with E-state index in [1.54, 1.807) is 30.3 Å². The van der Waals surface area contributed by atoms with E-state index in [2.05, 4.69) is 0 Å². The fourth-order valence-corrected chi connectivity index (χ4v) is 3.56. The van der Waals surface area contributed by atoms with E-state index in [9.17, 15) is 20.2 Å². The molecule has 0 aliphatic heterocycles. The second kappa shape index (κ2) is 6.40. The summed E-state index contributed by atoms with van der Waals surface area (Å²) in [6.07, 6.45) is 0. The summed E-state index contributed by atoms with van der Waals surface area (Å²) in [4.78, 5) is 21.8. The van der Waals surface area contributed by atoms with Gasteiger partial charge >= 0.3 is 0 Å². The first-order chi connectivity index (χ1) is 9.58. The zero-order chi connectivity index (χ0) is 14.5. The van der Waals surface area contributed by atoms with Crippen molar-refractivity contribution < 1.29 is 9.85 Å². The van der Waals surface area contributed by atoms with Gasteiger partial charge < -0.3 is 0 Å². The Bertz CT molecular complexity index is 663. The van der Waals surface area contributed by atoms with Crippen LogP contribution in [0.4, 0.5) is 11.4 Å². The van der Waals surface area contributed by atoms with Crippen molar-refractivity contribution in [3.05, 3.63) is 68.8 Å². The first kappa shape index (κ1) is 14.4. The molecule has 102 valence electrons. The van der Waals surface area contributed by atoms with E-state index in [-0.39, 0.29) is 11.4 Å². The number of nitrogens with zero attached hydrogens (tertiary/aromatic N) is 2. The molecule has 0 unspecified atom stereocenters. The molecule has 0 bridgehead atoms. The monoisotopic (exact) mass is 308 g/mol. The highest BCUT2D eigenvalue weighted by Crippen LogP contribution is 2.41. The van der Waals surface area contributed by atoms with Crippen LogP contribution < -0.4 is 0 Å². The van der Waals surface area contributed by atoms with Crippen LogP contribution in [-0.2, 0) is 0 Å². The zero-order valence-electron chi connectivity index (χ0n) is 9.96. The molecule has 0 atom stereocenters. The van der Waals surface area contributed by atoms with Crippen molar-refractivity contribution in [1.82, 2.24) is 0 Å². The van der Waals surface area contributed by atoms with Gasteiger partial charge in [0.25, 0.3) is 11.4 Å². The molecule has 0 radical (unpaired) electrons. The maximum Gasteiger partial charge on any atom is 0.283 e. The summed E-state index contributed by atoms with van der Waals surface area (Å²) in [5.41, 5.74) is 0.0218. The third-order valence-corrected chi connectivity index (χ3v) is 4.74. The number of benzene rings is 2. The molecule has 0 saturated heterocycles. The lowest BCUT2D eigenvalue weighted by atomic mass is 10.3. The molecular weight excluding hydrogens is 300 g/mol. The summed E-state index contributed by atoms with van der Waals surface area (Å²) < 4.78 is 0. The number of hydrogen-bond acceptors (Lipinski definition) is 6. The summed E-state index contributed by atoms with van der Waals surface area (Å²) in [6, 6.07) is 12.5. The number of para-hydroxylation sites is 1. The van der Waals surface area contributed by atoms with Gasteiger partial charge in [0.1, 0.15) is 0 Å². The SMILES string of the molecule is O=[N+]([O-])c1cccc(SSc2ccccc2[N+](=O)[O-])c1. The van der Waals surface area contributed by atoms with Crippen LogP contribution in [-0.4, -0.2) is 9.85 Å². The number of nitro benzene ring substituents is 2. The molecule has 0 aliphatic rings. The molecule has 0 saturated carbocycles. The largest absolute Gasteiger partial charge is 0.283 e. The van der Waals surface area contributed by atoms with E-state index >= 15 is 0 Å². The van der Waals surface area contributed by atoms with Crippen molar-refractivity contribution in [3.8, 4) is 0 Å². The third kappa shape index (κ3) is 3.49. The van der Waals surface area contributed by atoms with Crippen molar-refractivity contribution in [3.63, 3.8) is 0 Å². The van der Waals surface area contributed by atoms with Crippen molar-refractivity contribution >= 4 is 33.0 Å². The van der Waals surface area contributed by atoms with Crippen LogP contribution in [0.15, 0.2) is 58.3 Å². The maximum absolute atomic E-state index is 10.9. The lowest BCUT2D eigenvalue weighted by Crippen LogP contribution is -1.89. The lowest BCUT2D eigenvalue weighted by Gasteiger charge is -2.02. The van der Waals surface area contributed by atoms with Gasteiger partial charge in [-0.1, -0.05) is 29.0 Å². The second-order valence-electron chi connectivity index (χ2n) is 3.65. The van der Waals surface area contributed by atoms with Crippen LogP contribution in [0.25, 0.3) is 0 Å². The van der Waals surface area contributed by atoms with Crippen molar-refractivity contribution in [2.45, 2.75) is 9.79 Å².